The number of carbonyl (C=O) groups is 2. The van der Waals surface area contributed by atoms with Crippen molar-refractivity contribution in [3.63, 3.8) is 0 Å². The molecule has 3 aromatic rings. The van der Waals surface area contributed by atoms with Crippen molar-refractivity contribution in [2.24, 2.45) is 5.10 Å². The number of ether oxygens (including phenoxy) is 1. The van der Waals surface area contributed by atoms with Gasteiger partial charge in [0.15, 0.2) is 0 Å². The summed E-state index contributed by atoms with van der Waals surface area (Å²) in [7, 11) is 0. The Morgan fingerprint density at radius 2 is 1.82 bits per heavy atom. The smallest absolute Gasteiger partial charge is 0.329 e. The van der Waals surface area contributed by atoms with Gasteiger partial charge in [0, 0.05) is 16.1 Å². The molecular formula is C24H20Cl2FN3O3. The van der Waals surface area contributed by atoms with Crippen molar-refractivity contribution in [1.29, 1.82) is 0 Å². The molecule has 0 aliphatic carbocycles. The zero-order chi connectivity index (χ0) is 23.8. The van der Waals surface area contributed by atoms with Crippen LogP contribution in [0.1, 0.15) is 29.7 Å². The molecular weight excluding hydrogens is 468 g/mol. The first-order chi connectivity index (χ1) is 15.8. The Balaban J connectivity index is 1.62. The second-order valence-electron chi connectivity index (χ2n) is 6.98. The van der Waals surface area contributed by atoms with Crippen LogP contribution in [0, 0.1) is 5.82 Å². The minimum absolute atomic E-state index is 0.125. The maximum Gasteiger partial charge on any atom is 0.329 e. The SMILES string of the molecule is C[C@H](NC(=O)C(=O)N/N=C\c1cc(Cl)ccc1OCc1c(F)cccc1Cl)c1ccccc1. The first kappa shape index (κ1) is 24.2. The highest BCUT2D eigenvalue weighted by molar-refractivity contribution is 6.35. The third kappa shape index (κ3) is 6.78. The van der Waals surface area contributed by atoms with Gasteiger partial charge in [-0.2, -0.15) is 5.10 Å². The number of halogens is 3. The Labute approximate surface area is 200 Å². The van der Waals surface area contributed by atoms with Crippen molar-refractivity contribution in [2.75, 3.05) is 0 Å². The molecule has 0 spiro atoms. The average Bonchev–Trinajstić information content (AvgIpc) is 2.80. The van der Waals surface area contributed by atoms with Gasteiger partial charge in [0.1, 0.15) is 18.2 Å². The standard InChI is InChI=1S/C24H20Cl2FN3O3/c1-15(16-6-3-2-4-7-16)29-23(31)24(32)30-28-13-17-12-18(25)10-11-22(17)33-14-19-20(26)8-5-9-21(19)27/h2-13,15H,14H2,1H3,(H,29,31)(H,30,32)/b28-13-/t15-/m0/s1. The molecule has 170 valence electrons. The molecule has 2 amide bonds. The molecule has 33 heavy (non-hydrogen) atoms. The second kappa shape index (κ2) is 11.4. The van der Waals surface area contributed by atoms with E-state index in [9.17, 15) is 14.0 Å². The number of amides is 2. The van der Waals surface area contributed by atoms with Gasteiger partial charge in [-0.3, -0.25) is 9.59 Å². The average molecular weight is 488 g/mol. The molecule has 0 aliphatic heterocycles. The van der Waals surface area contributed by atoms with Crippen LogP contribution in [-0.2, 0) is 16.2 Å². The van der Waals surface area contributed by atoms with Crippen LogP contribution in [0.3, 0.4) is 0 Å². The lowest BCUT2D eigenvalue weighted by molar-refractivity contribution is -0.139. The van der Waals surface area contributed by atoms with Crippen LogP contribution >= 0.6 is 23.2 Å². The summed E-state index contributed by atoms with van der Waals surface area (Å²) < 4.78 is 19.7. The molecule has 0 aliphatic rings. The molecule has 0 aromatic heterocycles. The third-order valence-corrected chi connectivity index (χ3v) is 5.22. The Bertz CT molecular complexity index is 1150. The van der Waals surface area contributed by atoms with Crippen LogP contribution in [0.25, 0.3) is 0 Å². The lowest BCUT2D eigenvalue weighted by Gasteiger charge is -2.13. The van der Waals surface area contributed by atoms with E-state index in [0.717, 1.165) is 5.56 Å². The van der Waals surface area contributed by atoms with Crippen LogP contribution in [-0.4, -0.2) is 18.0 Å². The van der Waals surface area contributed by atoms with E-state index in [1.807, 2.05) is 30.3 Å². The quantitative estimate of drug-likeness (QED) is 0.278. The Morgan fingerprint density at radius 3 is 2.55 bits per heavy atom. The maximum atomic E-state index is 14.0. The molecule has 0 heterocycles. The van der Waals surface area contributed by atoms with Gasteiger partial charge in [0.2, 0.25) is 0 Å². The first-order valence-corrected chi connectivity index (χ1v) is 10.6. The number of hydrogen-bond donors (Lipinski definition) is 2. The van der Waals surface area contributed by atoms with Gasteiger partial charge < -0.3 is 10.1 Å². The fourth-order valence-corrected chi connectivity index (χ4v) is 3.27. The molecule has 0 unspecified atom stereocenters. The number of carbonyl (C=O) groups excluding carboxylic acids is 2. The lowest BCUT2D eigenvalue weighted by Crippen LogP contribution is -2.39. The zero-order valence-electron chi connectivity index (χ0n) is 17.5. The van der Waals surface area contributed by atoms with Crippen molar-refractivity contribution in [2.45, 2.75) is 19.6 Å². The largest absolute Gasteiger partial charge is 0.488 e. The van der Waals surface area contributed by atoms with Crippen molar-refractivity contribution in [3.8, 4) is 5.75 Å². The van der Waals surface area contributed by atoms with Crippen LogP contribution < -0.4 is 15.5 Å². The van der Waals surface area contributed by atoms with E-state index in [1.165, 1.54) is 18.3 Å². The molecule has 0 saturated heterocycles. The monoisotopic (exact) mass is 487 g/mol. The van der Waals surface area contributed by atoms with Gasteiger partial charge in [0.05, 0.1) is 17.3 Å². The first-order valence-electron chi connectivity index (χ1n) is 9.89. The fourth-order valence-electron chi connectivity index (χ4n) is 2.87. The second-order valence-corrected chi connectivity index (χ2v) is 7.82. The van der Waals surface area contributed by atoms with E-state index in [2.05, 4.69) is 15.8 Å². The van der Waals surface area contributed by atoms with Crippen LogP contribution in [0.4, 0.5) is 4.39 Å². The van der Waals surface area contributed by atoms with E-state index < -0.39 is 17.6 Å². The zero-order valence-corrected chi connectivity index (χ0v) is 19.0. The summed E-state index contributed by atoms with van der Waals surface area (Å²) in [6, 6.07) is 17.9. The predicted octanol–water partition coefficient (Wildman–Crippen LogP) is 5.04. The number of hydrazone groups is 1. The van der Waals surface area contributed by atoms with Gasteiger partial charge in [0.25, 0.3) is 0 Å². The topological polar surface area (TPSA) is 79.8 Å². The van der Waals surface area contributed by atoms with Gasteiger partial charge in [-0.15, -0.1) is 0 Å². The Morgan fingerprint density at radius 1 is 1.06 bits per heavy atom. The van der Waals surface area contributed by atoms with E-state index in [1.54, 1.807) is 31.2 Å². The summed E-state index contributed by atoms with van der Waals surface area (Å²) in [5.74, 6) is -1.93. The number of nitrogens with zero attached hydrogens (tertiary/aromatic N) is 1. The Hall–Kier alpha value is -3.42. The number of hydrogen-bond acceptors (Lipinski definition) is 4. The van der Waals surface area contributed by atoms with Crippen molar-refractivity contribution in [1.82, 2.24) is 10.7 Å². The highest BCUT2D eigenvalue weighted by atomic mass is 35.5. The molecule has 3 aromatic carbocycles. The van der Waals surface area contributed by atoms with E-state index in [-0.39, 0.29) is 23.2 Å². The van der Waals surface area contributed by atoms with E-state index >= 15 is 0 Å². The van der Waals surface area contributed by atoms with E-state index in [0.29, 0.717) is 16.3 Å². The third-order valence-electron chi connectivity index (χ3n) is 4.63. The highest BCUT2D eigenvalue weighted by Gasteiger charge is 2.16. The Kier molecular flexibility index (Phi) is 8.40. The van der Waals surface area contributed by atoms with Gasteiger partial charge in [-0.05, 0) is 42.8 Å². The summed E-state index contributed by atoms with van der Waals surface area (Å²) in [6.07, 6.45) is 1.27. The van der Waals surface area contributed by atoms with Crippen LogP contribution in [0.5, 0.6) is 5.75 Å². The normalized spacial score (nSPS) is 11.8. The van der Waals surface area contributed by atoms with Gasteiger partial charge >= 0.3 is 11.8 Å². The molecule has 9 heteroatoms. The van der Waals surface area contributed by atoms with Crippen molar-refractivity contribution >= 4 is 41.2 Å². The van der Waals surface area contributed by atoms with Crippen LogP contribution in [0.15, 0.2) is 71.8 Å². The van der Waals surface area contributed by atoms with Crippen molar-refractivity contribution in [3.05, 3.63) is 99.3 Å². The summed E-state index contributed by atoms with van der Waals surface area (Å²) in [5, 5.41) is 7.04. The molecule has 0 radical (unpaired) electrons. The summed E-state index contributed by atoms with van der Waals surface area (Å²) in [6.45, 7) is 1.64. The highest BCUT2D eigenvalue weighted by Crippen LogP contribution is 2.25. The molecule has 0 bridgehead atoms. The molecule has 2 N–H and O–H groups in total. The van der Waals surface area contributed by atoms with Gasteiger partial charge in [-0.25, -0.2) is 9.82 Å². The minimum Gasteiger partial charge on any atom is -0.488 e. The van der Waals surface area contributed by atoms with E-state index in [4.69, 9.17) is 27.9 Å². The molecule has 3 rings (SSSR count). The predicted molar refractivity (Wildman–Crippen MR) is 126 cm³/mol. The minimum atomic E-state index is -0.934. The lowest BCUT2D eigenvalue weighted by atomic mass is 10.1. The summed E-state index contributed by atoms with van der Waals surface area (Å²) >= 11 is 12.1. The summed E-state index contributed by atoms with van der Waals surface area (Å²) in [5.41, 5.74) is 3.64. The van der Waals surface area contributed by atoms with Crippen LogP contribution in [0.2, 0.25) is 10.0 Å². The van der Waals surface area contributed by atoms with Gasteiger partial charge in [-0.1, -0.05) is 59.6 Å². The molecule has 6 nitrogen and oxygen atoms in total. The van der Waals surface area contributed by atoms with Crippen molar-refractivity contribution < 1.29 is 18.7 Å². The molecule has 0 saturated carbocycles. The fraction of sp³-hybridized carbons (Fsp3) is 0.125. The number of nitrogens with one attached hydrogen (secondary N) is 2. The molecule has 1 atom stereocenters. The number of benzene rings is 3. The summed E-state index contributed by atoms with van der Waals surface area (Å²) in [4.78, 5) is 24.2. The molecule has 0 fully saturated rings. The maximum absolute atomic E-state index is 14.0. The number of rotatable bonds is 7.